The first-order valence-electron chi connectivity index (χ1n) is 14.7. The van der Waals surface area contributed by atoms with E-state index in [4.69, 9.17) is 14.1 Å². The molecule has 7 nitrogen and oxygen atoms in total. The third-order valence-corrected chi connectivity index (χ3v) is 7.65. The van der Waals surface area contributed by atoms with Gasteiger partial charge in [-0.1, -0.05) is 33.1 Å². The number of pyridine rings is 1. The first kappa shape index (κ1) is 36.2. The standard InChI is InChI=1S/C22H9F3N3O2.C13H24O2.Ir/c23-22(24,25)15-4-1-12(2-5-15)21-28-18-11-27-17(9-20(18)30-21)13-3-6-19-14(7-13)8-16(10-26)29-19;1-5-10(6-2)12(14)9-13(15)11(7-3)8-4;/h1-2,4-9,11H;9-11,14H,5-8H2,1-4H3;/q-1;;/b;12-9-;. The summed E-state index contributed by atoms with van der Waals surface area (Å²) in [7, 11) is 0. The number of nitrogens with zero attached hydrogens (tertiary/aromatic N) is 3. The van der Waals surface area contributed by atoms with Gasteiger partial charge in [-0.3, -0.25) is 4.79 Å². The number of allylic oxidation sites excluding steroid dienone is 2. The molecular weight excluding hydrogens is 776 g/mol. The fourth-order valence-corrected chi connectivity index (χ4v) is 4.87. The molecule has 0 spiro atoms. The molecule has 3 aromatic heterocycles. The molecule has 243 valence electrons. The summed E-state index contributed by atoms with van der Waals surface area (Å²) in [5.74, 6) is 0.951. The predicted molar refractivity (Wildman–Crippen MR) is 165 cm³/mol. The van der Waals surface area contributed by atoms with Gasteiger partial charge in [0.2, 0.25) is 5.89 Å². The Bertz CT molecular complexity index is 1850. The zero-order valence-electron chi connectivity index (χ0n) is 25.7. The van der Waals surface area contributed by atoms with Crippen molar-refractivity contribution < 1.29 is 52.0 Å². The van der Waals surface area contributed by atoms with Crippen LogP contribution in [-0.2, 0) is 31.1 Å². The van der Waals surface area contributed by atoms with Gasteiger partial charge in [-0.15, -0.1) is 23.8 Å². The van der Waals surface area contributed by atoms with Gasteiger partial charge in [0, 0.05) is 49.8 Å². The van der Waals surface area contributed by atoms with Crippen LogP contribution in [-0.4, -0.2) is 20.9 Å². The van der Waals surface area contributed by atoms with Crippen LogP contribution in [0.1, 0.15) is 64.7 Å². The third kappa shape index (κ3) is 8.50. The second kappa shape index (κ2) is 15.8. The maximum Gasteiger partial charge on any atom is 0.416 e. The van der Waals surface area contributed by atoms with Gasteiger partial charge < -0.3 is 18.9 Å². The Morgan fingerprint density at radius 1 is 1.00 bits per heavy atom. The average Bonchev–Trinajstić information content (AvgIpc) is 3.65. The molecule has 0 fully saturated rings. The molecule has 0 saturated heterocycles. The van der Waals surface area contributed by atoms with E-state index >= 15 is 0 Å². The number of nitriles is 1. The van der Waals surface area contributed by atoms with Crippen LogP contribution in [0.15, 0.2) is 75.4 Å². The average molecular weight is 809 g/mol. The molecule has 46 heavy (non-hydrogen) atoms. The smallest absolute Gasteiger partial charge is 0.416 e. The van der Waals surface area contributed by atoms with E-state index in [1.54, 1.807) is 24.3 Å². The van der Waals surface area contributed by atoms with Crippen molar-refractivity contribution in [3.8, 4) is 28.8 Å². The van der Waals surface area contributed by atoms with Gasteiger partial charge in [0.05, 0.1) is 16.9 Å². The SMILES string of the molecule is CCC(CC)C(=O)/C=C(\O)C(CC)CC.N#Cc1cc2cc(-c3cc4oc(-c5ccc(C(F)(F)F)cc5)nc4cn3)[c-]cc2o1.[Ir]. The van der Waals surface area contributed by atoms with Crippen LogP contribution < -0.4 is 0 Å². The molecular formula is C35H33F3IrN3O4-. The molecule has 11 heteroatoms. The Morgan fingerprint density at radius 3 is 2.24 bits per heavy atom. The van der Waals surface area contributed by atoms with Gasteiger partial charge in [-0.25, -0.2) is 4.98 Å². The molecule has 0 bridgehead atoms. The molecule has 0 saturated carbocycles. The molecule has 1 radical (unpaired) electrons. The van der Waals surface area contributed by atoms with Gasteiger partial charge in [0.1, 0.15) is 17.2 Å². The predicted octanol–water partition coefficient (Wildman–Crippen LogP) is 9.86. The minimum absolute atomic E-state index is 0. The van der Waals surface area contributed by atoms with Crippen LogP contribution in [0.2, 0.25) is 0 Å². The molecule has 0 aliphatic carbocycles. The summed E-state index contributed by atoms with van der Waals surface area (Å²) in [4.78, 5) is 20.4. The number of ketones is 1. The van der Waals surface area contributed by atoms with Crippen molar-refractivity contribution in [1.82, 2.24) is 9.97 Å². The fraction of sp³-hybridized carbons (Fsp3) is 0.314. The summed E-state index contributed by atoms with van der Waals surface area (Å²) in [6.45, 7) is 8.07. The second-order valence-corrected chi connectivity index (χ2v) is 10.5. The van der Waals surface area contributed by atoms with Crippen molar-refractivity contribution in [2.75, 3.05) is 0 Å². The number of aliphatic hydroxyl groups is 1. The van der Waals surface area contributed by atoms with E-state index in [0.717, 1.165) is 43.2 Å². The summed E-state index contributed by atoms with van der Waals surface area (Å²) >= 11 is 0. The first-order chi connectivity index (χ1) is 21.5. The number of halogens is 3. The van der Waals surface area contributed by atoms with E-state index in [0.29, 0.717) is 33.5 Å². The Morgan fingerprint density at radius 2 is 1.65 bits per heavy atom. The first-order valence-corrected chi connectivity index (χ1v) is 14.7. The number of carbonyl (C=O) groups excluding carboxylic acids is 1. The van der Waals surface area contributed by atoms with Crippen molar-refractivity contribution in [1.29, 1.82) is 5.26 Å². The maximum absolute atomic E-state index is 12.7. The summed E-state index contributed by atoms with van der Waals surface area (Å²) in [5, 5.41) is 19.5. The van der Waals surface area contributed by atoms with Crippen LogP contribution in [0.3, 0.4) is 0 Å². The normalized spacial score (nSPS) is 11.8. The van der Waals surface area contributed by atoms with Crippen molar-refractivity contribution >= 4 is 27.9 Å². The van der Waals surface area contributed by atoms with Gasteiger partial charge >= 0.3 is 6.18 Å². The van der Waals surface area contributed by atoms with Crippen molar-refractivity contribution in [3.05, 3.63) is 84.0 Å². The number of hydrogen-bond donors (Lipinski definition) is 1. The topological polar surface area (TPSA) is 113 Å². The van der Waals surface area contributed by atoms with E-state index in [1.165, 1.54) is 24.4 Å². The van der Waals surface area contributed by atoms with Crippen molar-refractivity contribution in [3.63, 3.8) is 0 Å². The number of fused-ring (bicyclic) bond motifs is 2. The molecule has 0 atom stereocenters. The number of carbonyl (C=O) groups is 1. The van der Waals surface area contributed by atoms with Crippen molar-refractivity contribution in [2.24, 2.45) is 11.8 Å². The van der Waals surface area contributed by atoms with Crippen molar-refractivity contribution in [2.45, 2.75) is 59.6 Å². The number of alkyl halides is 3. The number of aromatic nitrogens is 2. The Hall–Kier alpha value is -4.26. The Balaban J connectivity index is 0.000000309. The maximum atomic E-state index is 12.7. The summed E-state index contributed by atoms with van der Waals surface area (Å²) in [6.07, 6.45) is 2.03. The number of rotatable bonds is 9. The molecule has 1 N–H and O–H groups in total. The van der Waals surface area contributed by atoms with E-state index in [1.807, 2.05) is 33.8 Å². The molecule has 2 aromatic carbocycles. The molecule has 0 aliphatic rings. The Labute approximate surface area is 278 Å². The summed E-state index contributed by atoms with van der Waals surface area (Å²) < 4.78 is 49.3. The van der Waals surface area contributed by atoms with Crippen LogP contribution in [0.25, 0.3) is 44.8 Å². The fourth-order valence-electron chi connectivity index (χ4n) is 4.87. The molecule has 5 rings (SSSR count). The number of aliphatic hydroxyl groups excluding tert-OH is 1. The number of benzene rings is 2. The summed E-state index contributed by atoms with van der Waals surface area (Å²) in [6, 6.07) is 16.3. The second-order valence-electron chi connectivity index (χ2n) is 10.5. The van der Waals surface area contributed by atoms with Crippen LogP contribution in [0.4, 0.5) is 13.2 Å². The van der Waals surface area contributed by atoms with E-state index in [2.05, 4.69) is 16.0 Å². The largest absolute Gasteiger partial charge is 0.512 e. The zero-order valence-corrected chi connectivity index (χ0v) is 28.1. The number of hydrogen-bond acceptors (Lipinski definition) is 7. The van der Waals surface area contributed by atoms with E-state index < -0.39 is 11.7 Å². The molecule has 0 amide bonds. The third-order valence-electron chi connectivity index (χ3n) is 7.65. The quantitative estimate of drug-likeness (QED) is 0.0897. The molecule has 0 aliphatic heterocycles. The Kier molecular flexibility index (Phi) is 12.5. The number of furan rings is 1. The van der Waals surface area contributed by atoms with E-state index in [-0.39, 0.29) is 55.1 Å². The molecule has 0 unspecified atom stereocenters. The van der Waals surface area contributed by atoms with Crippen LogP contribution >= 0.6 is 0 Å². The number of oxazole rings is 1. The van der Waals surface area contributed by atoms with Gasteiger partial charge in [0.25, 0.3) is 0 Å². The zero-order chi connectivity index (χ0) is 32.7. The van der Waals surface area contributed by atoms with E-state index in [9.17, 15) is 23.1 Å². The minimum atomic E-state index is -4.40. The molecule has 3 heterocycles. The monoisotopic (exact) mass is 809 g/mol. The van der Waals surface area contributed by atoms with Gasteiger partial charge in [-0.2, -0.15) is 18.4 Å². The summed E-state index contributed by atoms with van der Waals surface area (Å²) in [5.41, 5.74) is 2.38. The minimum Gasteiger partial charge on any atom is -0.512 e. The van der Waals surface area contributed by atoms with Crippen LogP contribution in [0.5, 0.6) is 0 Å². The van der Waals surface area contributed by atoms with Crippen LogP contribution in [0, 0.1) is 29.2 Å². The van der Waals surface area contributed by atoms with Gasteiger partial charge in [-0.05, 0) is 67.8 Å². The molecule has 5 aromatic rings. The van der Waals surface area contributed by atoms with Gasteiger partial charge in [0.15, 0.2) is 11.5 Å².